The van der Waals surface area contributed by atoms with Crippen LogP contribution in [0.1, 0.15) is 53.8 Å². The van der Waals surface area contributed by atoms with E-state index in [0.717, 1.165) is 10.6 Å². The van der Waals surface area contributed by atoms with E-state index in [4.69, 9.17) is 0 Å². The van der Waals surface area contributed by atoms with Gasteiger partial charge in [0.25, 0.3) is 5.91 Å². The first-order valence-electron chi connectivity index (χ1n) is 5.97. The molecule has 2 aromatic heterocycles. The van der Waals surface area contributed by atoms with Gasteiger partial charge in [0.2, 0.25) is 0 Å². The van der Waals surface area contributed by atoms with Crippen LogP contribution < -0.4 is 5.32 Å². The highest BCUT2D eigenvalue weighted by Crippen LogP contribution is 2.19. The van der Waals surface area contributed by atoms with Gasteiger partial charge in [-0.15, -0.1) is 11.3 Å². The quantitative estimate of drug-likeness (QED) is 0.890. The summed E-state index contributed by atoms with van der Waals surface area (Å²) in [6, 6.07) is 5.81. The van der Waals surface area contributed by atoms with Gasteiger partial charge in [-0.05, 0) is 30.4 Å². The van der Waals surface area contributed by atoms with Gasteiger partial charge in [-0.1, -0.05) is 19.9 Å². The van der Waals surface area contributed by atoms with Crippen LogP contribution in [0.5, 0.6) is 0 Å². The topological polar surface area (TPSA) is 57.8 Å². The summed E-state index contributed by atoms with van der Waals surface area (Å²) >= 11 is 1.64. The van der Waals surface area contributed by atoms with Crippen molar-refractivity contribution >= 4 is 17.2 Å². The van der Waals surface area contributed by atoms with Gasteiger partial charge in [0.15, 0.2) is 0 Å². The fraction of sp³-hybridized carbons (Fsp3) is 0.385. The molecule has 0 aliphatic heterocycles. The number of nitrogens with one attached hydrogen (secondary N) is 2. The van der Waals surface area contributed by atoms with Crippen molar-refractivity contribution in [2.24, 2.45) is 0 Å². The lowest BCUT2D eigenvalue weighted by Gasteiger charge is -2.10. The van der Waals surface area contributed by atoms with Gasteiger partial charge in [-0.25, -0.2) is 0 Å². The molecule has 2 aromatic rings. The number of H-pyrrole nitrogens is 1. The Morgan fingerprint density at radius 2 is 2.22 bits per heavy atom. The Morgan fingerprint density at radius 1 is 1.44 bits per heavy atom. The maximum Gasteiger partial charge on any atom is 0.272 e. The van der Waals surface area contributed by atoms with Gasteiger partial charge in [-0.3, -0.25) is 9.89 Å². The second-order valence-corrected chi connectivity index (χ2v) is 5.55. The molecule has 1 atom stereocenters. The second kappa shape index (κ2) is 5.35. The molecule has 0 unspecified atom stereocenters. The lowest BCUT2D eigenvalue weighted by molar-refractivity contribution is 0.0935. The summed E-state index contributed by atoms with van der Waals surface area (Å²) in [5.41, 5.74) is 1.42. The Labute approximate surface area is 110 Å². The first kappa shape index (κ1) is 12.8. The van der Waals surface area contributed by atoms with E-state index in [1.807, 2.05) is 24.4 Å². The van der Waals surface area contributed by atoms with Crippen LogP contribution in [0.25, 0.3) is 0 Å². The Morgan fingerprint density at radius 3 is 2.78 bits per heavy atom. The summed E-state index contributed by atoms with van der Waals surface area (Å²) < 4.78 is 0. The number of hydrogen-bond donors (Lipinski definition) is 2. The number of rotatable bonds is 4. The molecule has 2 heterocycles. The molecule has 5 heteroatoms. The minimum atomic E-state index is -0.140. The molecule has 0 saturated carbocycles. The maximum absolute atomic E-state index is 12.0. The molecule has 1 amide bonds. The number of nitrogens with zero attached hydrogens (tertiary/aromatic N) is 1. The Balaban J connectivity index is 2.03. The van der Waals surface area contributed by atoms with E-state index < -0.39 is 0 Å². The van der Waals surface area contributed by atoms with Gasteiger partial charge in [0, 0.05) is 10.6 Å². The Kier molecular flexibility index (Phi) is 3.81. The maximum atomic E-state index is 12.0. The number of thiophene rings is 1. The van der Waals surface area contributed by atoms with E-state index in [1.165, 1.54) is 0 Å². The highest BCUT2D eigenvalue weighted by molar-refractivity contribution is 7.10. The van der Waals surface area contributed by atoms with Gasteiger partial charge in [0.1, 0.15) is 5.69 Å². The molecular weight excluding hydrogens is 246 g/mol. The molecule has 2 rings (SSSR count). The molecule has 0 aliphatic rings. The zero-order valence-electron chi connectivity index (χ0n) is 10.7. The van der Waals surface area contributed by atoms with Gasteiger partial charge < -0.3 is 5.32 Å². The largest absolute Gasteiger partial charge is 0.343 e. The van der Waals surface area contributed by atoms with Gasteiger partial charge >= 0.3 is 0 Å². The Hall–Kier alpha value is -1.62. The van der Waals surface area contributed by atoms with Crippen LogP contribution in [0, 0.1) is 0 Å². The molecule has 0 saturated heterocycles. The molecule has 0 bridgehead atoms. The van der Waals surface area contributed by atoms with Crippen molar-refractivity contribution < 1.29 is 4.79 Å². The third-order valence-electron chi connectivity index (χ3n) is 2.77. The molecule has 18 heavy (non-hydrogen) atoms. The van der Waals surface area contributed by atoms with Crippen molar-refractivity contribution in [3.8, 4) is 0 Å². The number of aromatic nitrogens is 2. The molecule has 2 N–H and O–H groups in total. The summed E-state index contributed by atoms with van der Waals surface area (Å²) in [6.07, 6.45) is 0. The van der Waals surface area contributed by atoms with Crippen LogP contribution in [0.2, 0.25) is 0 Å². The van der Waals surface area contributed by atoms with E-state index in [2.05, 4.69) is 29.4 Å². The first-order valence-corrected chi connectivity index (χ1v) is 6.85. The van der Waals surface area contributed by atoms with Crippen molar-refractivity contribution in [3.05, 3.63) is 39.8 Å². The average Bonchev–Trinajstić information content (AvgIpc) is 3.00. The van der Waals surface area contributed by atoms with Gasteiger partial charge in [-0.2, -0.15) is 5.10 Å². The summed E-state index contributed by atoms with van der Waals surface area (Å²) in [6.45, 7) is 6.09. The SMILES string of the molecule is CC(C)c1cc(C(=O)N[C@@H](C)c2cccs2)n[nH]1. The van der Waals surface area contributed by atoms with Crippen LogP contribution >= 0.6 is 11.3 Å². The monoisotopic (exact) mass is 263 g/mol. The van der Waals surface area contributed by atoms with Crippen molar-refractivity contribution in [1.29, 1.82) is 0 Å². The van der Waals surface area contributed by atoms with Crippen LogP contribution in [0.15, 0.2) is 23.6 Å². The third kappa shape index (κ3) is 2.79. The molecule has 0 aromatic carbocycles. The van der Waals surface area contributed by atoms with Crippen LogP contribution in [-0.2, 0) is 0 Å². The predicted octanol–water partition coefficient (Wildman–Crippen LogP) is 3.09. The van der Waals surface area contributed by atoms with Crippen LogP contribution in [0.3, 0.4) is 0 Å². The second-order valence-electron chi connectivity index (χ2n) is 4.57. The molecular formula is C13H17N3OS. The average molecular weight is 263 g/mol. The summed E-state index contributed by atoms with van der Waals surface area (Å²) in [5.74, 6) is 0.202. The van der Waals surface area contributed by atoms with Crippen LogP contribution in [0.4, 0.5) is 0 Å². The van der Waals surface area contributed by atoms with E-state index in [1.54, 1.807) is 17.4 Å². The van der Waals surface area contributed by atoms with Crippen molar-refractivity contribution in [1.82, 2.24) is 15.5 Å². The highest BCUT2D eigenvalue weighted by Gasteiger charge is 2.15. The number of hydrogen-bond acceptors (Lipinski definition) is 3. The number of carbonyl (C=O) groups is 1. The van der Waals surface area contributed by atoms with Crippen LogP contribution in [-0.4, -0.2) is 16.1 Å². The van der Waals surface area contributed by atoms with Crippen molar-refractivity contribution in [2.75, 3.05) is 0 Å². The minimum absolute atomic E-state index is 0.0108. The first-order chi connectivity index (χ1) is 8.58. The standard InChI is InChI=1S/C13H17N3OS/c1-8(2)10-7-11(16-15-10)13(17)14-9(3)12-5-4-6-18-12/h4-9H,1-3H3,(H,14,17)(H,15,16)/t9-/m0/s1. The summed E-state index contributed by atoms with van der Waals surface area (Å²) in [5, 5.41) is 11.9. The van der Waals surface area contributed by atoms with Crippen molar-refractivity contribution in [3.63, 3.8) is 0 Å². The van der Waals surface area contributed by atoms with E-state index >= 15 is 0 Å². The molecule has 4 nitrogen and oxygen atoms in total. The lowest BCUT2D eigenvalue weighted by atomic mass is 10.1. The Bertz CT molecular complexity index is 516. The third-order valence-corrected chi connectivity index (χ3v) is 3.82. The highest BCUT2D eigenvalue weighted by atomic mass is 32.1. The normalized spacial score (nSPS) is 12.7. The minimum Gasteiger partial charge on any atom is -0.343 e. The van der Waals surface area contributed by atoms with Crippen molar-refractivity contribution in [2.45, 2.75) is 32.7 Å². The van der Waals surface area contributed by atoms with E-state index in [9.17, 15) is 4.79 Å². The lowest BCUT2D eigenvalue weighted by Crippen LogP contribution is -2.26. The predicted molar refractivity (Wildman–Crippen MR) is 72.9 cm³/mol. The zero-order valence-corrected chi connectivity index (χ0v) is 11.5. The van der Waals surface area contributed by atoms with Gasteiger partial charge in [0.05, 0.1) is 6.04 Å². The molecule has 0 fully saturated rings. The van der Waals surface area contributed by atoms with E-state index in [-0.39, 0.29) is 11.9 Å². The molecule has 0 spiro atoms. The number of aromatic amines is 1. The summed E-state index contributed by atoms with van der Waals surface area (Å²) in [4.78, 5) is 13.1. The molecule has 0 radical (unpaired) electrons. The molecule has 96 valence electrons. The zero-order chi connectivity index (χ0) is 13.1. The smallest absolute Gasteiger partial charge is 0.272 e. The molecule has 0 aliphatic carbocycles. The summed E-state index contributed by atoms with van der Waals surface area (Å²) in [7, 11) is 0. The number of amides is 1. The van der Waals surface area contributed by atoms with E-state index in [0.29, 0.717) is 11.6 Å². The fourth-order valence-corrected chi connectivity index (χ4v) is 2.36. The fourth-order valence-electron chi connectivity index (χ4n) is 1.63. The number of carbonyl (C=O) groups excluding carboxylic acids is 1.